The van der Waals surface area contributed by atoms with Gasteiger partial charge in [0, 0.05) is 0 Å². The van der Waals surface area contributed by atoms with Gasteiger partial charge in [0.25, 0.3) is 5.56 Å². The van der Waals surface area contributed by atoms with E-state index in [1.807, 2.05) is 0 Å². The number of fused-ring (bicyclic) bond motifs is 1. The molecule has 0 saturated carbocycles. The summed E-state index contributed by atoms with van der Waals surface area (Å²) in [5.74, 6) is -0.527. The molecule has 0 atom stereocenters. The maximum Gasteiger partial charge on any atom is 0.261 e. The molecule has 0 aliphatic carbocycles. The van der Waals surface area contributed by atoms with Gasteiger partial charge in [0.1, 0.15) is 6.54 Å². The average Bonchev–Trinajstić information content (AvgIpc) is 2.60. The number of carbonyl (C=O) groups is 1. The van der Waals surface area contributed by atoms with E-state index in [1.165, 1.54) is 17.0 Å². The van der Waals surface area contributed by atoms with Crippen molar-refractivity contribution in [3.63, 3.8) is 0 Å². The number of amides is 1. The minimum absolute atomic E-state index is 0.0633. The van der Waals surface area contributed by atoms with Gasteiger partial charge in [-0.05, 0) is 18.2 Å². The quantitative estimate of drug-likeness (QED) is 0.632. The fourth-order valence-electron chi connectivity index (χ4n) is 2.24. The van der Waals surface area contributed by atoms with Crippen LogP contribution < -0.4 is 10.9 Å². The van der Waals surface area contributed by atoms with Gasteiger partial charge in [0.2, 0.25) is 5.91 Å². The van der Waals surface area contributed by atoms with E-state index in [4.69, 9.17) is 46.4 Å². The van der Waals surface area contributed by atoms with Gasteiger partial charge in [-0.25, -0.2) is 4.98 Å². The first-order valence-corrected chi connectivity index (χ1v) is 8.46. The van der Waals surface area contributed by atoms with E-state index in [9.17, 15) is 9.59 Å². The molecule has 1 amide bonds. The van der Waals surface area contributed by atoms with Crippen LogP contribution in [0.4, 0.5) is 5.69 Å². The van der Waals surface area contributed by atoms with E-state index in [0.29, 0.717) is 10.9 Å². The van der Waals surface area contributed by atoms with Gasteiger partial charge < -0.3 is 5.32 Å². The van der Waals surface area contributed by atoms with Crippen LogP contribution in [0.1, 0.15) is 0 Å². The van der Waals surface area contributed by atoms with Crippen LogP contribution in [-0.2, 0) is 11.3 Å². The van der Waals surface area contributed by atoms with Crippen molar-refractivity contribution in [2.24, 2.45) is 0 Å². The fourth-order valence-corrected chi connectivity index (χ4v) is 3.14. The second-order valence-electron chi connectivity index (χ2n) is 5.09. The van der Waals surface area contributed by atoms with Crippen molar-refractivity contribution < 1.29 is 4.79 Å². The lowest BCUT2D eigenvalue weighted by molar-refractivity contribution is -0.116. The van der Waals surface area contributed by atoms with Gasteiger partial charge in [0.05, 0.1) is 43.0 Å². The van der Waals surface area contributed by atoms with Crippen molar-refractivity contribution in [1.82, 2.24) is 9.55 Å². The summed E-state index contributed by atoms with van der Waals surface area (Å²) >= 11 is 24.0. The first-order chi connectivity index (χ1) is 11.9. The zero-order valence-corrected chi connectivity index (χ0v) is 15.4. The summed E-state index contributed by atoms with van der Waals surface area (Å²) in [5, 5.41) is 3.37. The lowest BCUT2D eigenvalue weighted by atomic mass is 10.2. The van der Waals surface area contributed by atoms with Crippen molar-refractivity contribution >= 4 is 68.9 Å². The van der Waals surface area contributed by atoms with Crippen LogP contribution in [0.2, 0.25) is 20.1 Å². The Labute approximate surface area is 162 Å². The number of aromatic nitrogens is 2. The third-order valence-electron chi connectivity index (χ3n) is 3.42. The molecule has 0 unspecified atom stereocenters. The molecule has 1 aromatic heterocycles. The third-order valence-corrected chi connectivity index (χ3v) is 5.00. The number of nitrogens with one attached hydrogen (secondary N) is 1. The Morgan fingerprint density at radius 1 is 1.08 bits per heavy atom. The summed E-state index contributed by atoms with van der Waals surface area (Å²) in [7, 11) is 0. The predicted molar refractivity (Wildman–Crippen MR) is 101 cm³/mol. The molecule has 25 heavy (non-hydrogen) atoms. The number of hydrogen-bond donors (Lipinski definition) is 1. The highest BCUT2D eigenvalue weighted by atomic mass is 35.5. The van der Waals surface area contributed by atoms with Crippen LogP contribution in [0, 0.1) is 0 Å². The molecule has 5 nitrogen and oxygen atoms in total. The zero-order chi connectivity index (χ0) is 18.1. The van der Waals surface area contributed by atoms with Gasteiger partial charge in [-0.1, -0.05) is 58.5 Å². The summed E-state index contributed by atoms with van der Waals surface area (Å²) < 4.78 is 1.19. The van der Waals surface area contributed by atoms with Gasteiger partial charge in [-0.3, -0.25) is 14.2 Å². The summed E-state index contributed by atoms with van der Waals surface area (Å²) in [5.41, 5.74) is 0.312. The Kier molecular flexibility index (Phi) is 5.20. The normalized spacial score (nSPS) is 10.9. The van der Waals surface area contributed by atoms with E-state index < -0.39 is 5.91 Å². The largest absolute Gasteiger partial charge is 0.322 e. The highest BCUT2D eigenvalue weighted by Gasteiger charge is 2.17. The Balaban J connectivity index is 1.90. The number of carbonyl (C=O) groups excluding carboxylic acids is 1. The van der Waals surface area contributed by atoms with E-state index in [1.54, 1.807) is 24.3 Å². The smallest absolute Gasteiger partial charge is 0.261 e. The number of hydrogen-bond acceptors (Lipinski definition) is 3. The summed E-state index contributed by atoms with van der Waals surface area (Å²) in [6, 6.07) is 8.24. The molecule has 0 bridgehead atoms. The number of benzene rings is 2. The number of para-hydroxylation sites is 1. The Morgan fingerprint density at radius 2 is 1.72 bits per heavy atom. The molecular formula is C16H9Cl4N3O2. The number of rotatable bonds is 3. The molecule has 1 N–H and O–H groups in total. The van der Waals surface area contributed by atoms with Crippen LogP contribution in [0.25, 0.3) is 10.9 Å². The second-order valence-corrected chi connectivity index (χ2v) is 6.66. The SMILES string of the molecule is O=C(Cn1cnc2ccccc2c1=O)Nc1c(Cl)c(Cl)cc(Cl)c1Cl. The highest BCUT2D eigenvalue weighted by molar-refractivity contribution is 6.50. The Hall–Kier alpha value is -1.79. The van der Waals surface area contributed by atoms with Crippen molar-refractivity contribution in [2.45, 2.75) is 6.54 Å². The van der Waals surface area contributed by atoms with E-state index in [-0.39, 0.29) is 37.9 Å². The van der Waals surface area contributed by atoms with Crippen LogP contribution in [0.3, 0.4) is 0 Å². The molecule has 3 aromatic rings. The third kappa shape index (κ3) is 3.60. The fraction of sp³-hybridized carbons (Fsp3) is 0.0625. The molecule has 0 aliphatic rings. The van der Waals surface area contributed by atoms with Crippen LogP contribution >= 0.6 is 46.4 Å². The van der Waals surface area contributed by atoms with Gasteiger partial charge in [-0.2, -0.15) is 0 Å². The molecule has 1 heterocycles. The van der Waals surface area contributed by atoms with Crippen LogP contribution in [0.5, 0.6) is 0 Å². The minimum atomic E-state index is -0.527. The molecule has 0 spiro atoms. The predicted octanol–water partition coefficient (Wildman–Crippen LogP) is 4.65. The zero-order valence-electron chi connectivity index (χ0n) is 12.4. The minimum Gasteiger partial charge on any atom is -0.322 e. The summed E-state index contributed by atoms with van der Waals surface area (Å²) in [6.07, 6.45) is 1.30. The first kappa shape index (κ1) is 18.0. The first-order valence-electron chi connectivity index (χ1n) is 6.95. The Morgan fingerprint density at radius 3 is 2.40 bits per heavy atom. The monoisotopic (exact) mass is 415 g/mol. The standard InChI is InChI=1S/C16H9Cl4N3O2/c17-9-5-10(18)14(20)15(13(9)19)22-12(24)6-23-7-21-11-4-2-1-3-8(11)16(23)25/h1-5,7H,6H2,(H,22,24). The number of halogens is 4. The van der Waals surface area contributed by atoms with Crippen molar-refractivity contribution in [3.05, 3.63) is 67.1 Å². The molecule has 0 aliphatic heterocycles. The lowest BCUT2D eigenvalue weighted by Crippen LogP contribution is -2.28. The summed E-state index contributed by atoms with van der Waals surface area (Å²) in [4.78, 5) is 28.9. The van der Waals surface area contributed by atoms with Gasteiger partial charge in [0.15, 0.2) is 0 Å². The molecule has 0 fully saturated rings. The number of anilines is 1. The van der Waals surface area contributed by atoms with E-state index in [0.717, 1.165) is 0 Å². The lowest BCUT2D eigenvalue weighted by Gasteiger charge is -2.12. The van der Waals surface area contributed by atoms with Gasteiger partial charge >= 0.3 is 0 Å². The second kappa shape index (κ2) is 7.22. The Bertz CT molecular complexity index is 1020. The molecule has 0 saturated heterocycles. The maximum atomic E-state index is 12.4. The molecule has 128 valence electrons. The van der Waals surface area contributed by atoms with E-state index in [2.05, 4.69) is 10.3 Å². The number of nitrogens with zero attached hydrogens (tertiary/aromatic N) is 2. The molecular weight excluding hydrogens is 408 g/mol. The topological polar surface area (TPSA) is 64.0 Å². The molecule has 3 rings (SSSR count). The van der Waals surface area contributed by atoms with Crippen LogP contribution in [-0.4, -0.2) is 15.5 Å². The van der Waals surface area contributed by atoms with E-state index >= 15 is 0 Å². The average molecular weight is 417 g/mol. The van der Waals surface area contributed by atoms with Gasteiger partial charge in [-0.15, -0.1) is 0 Å². The van der Waals surface area contributed by atoms with Crippen molar-refractivity contribution in [3.8, 4) is 0 Å². The highest BCUT2D eigenvalue weighted by Crippen LogP contribution is 2.40. The molecule has 2 aromatic carbocycles. The van der Waals surface area contributed by atoms with Crippen LogP contribution in [0.15, 0.2) is 41.5 Å². The maximum absolute atomic E-state index is 12.4. The molecule has 0 radical (unpaired) electrons. The molecule has 9 heteroatoms. The van der Waals surface area contributed by atoms with Crippen molar-refractivity contribution in [2.75, 3.05) is 5.32 Å². The van der Waals surface area contributed by atoms with Crippen molar-refractivity contribution in [1.29, 1.82) is 0 Å². The summed E-state index contributed by atoms with van der Waals surface area (Å²) in [6.45, 7) is -0.270.